The second kappa shape index (κ2) is 14.0. The van der Waals surface area contributed by atoms with Crippen molar-refractivity contribution in [1.29, 1.82) is 0 Å². The highest BCUT2D eigenvalue weighted by Crippen LogP contribution is 2.49. The third kappa shape index (κ3) is 12.0. The molecule has 1 unspecified atom stereocenters. The SMILES string of the molecule is CCCCOC(=O)OCCOP(=O)(CCCC)OCCCC. The highest BCUT2D eigenvalue weighted by atomic mass is 31.2. The monoisotopic (exact) mass is 338 g/mol. The molecule has 0 rings (SSSR count). The molecule has 1 atom stereocenters. The van der Waals surface area contributed by atoms with E-state index in [0.717, 1.165) is 38.5 Å². The summed E-state index contributed by atoms with van der Waals surface area (Å²) in [7, 11) is -3.08. The van der Waals surface area contributed by atoms with Gasteiger partial charge in [0, 0.05) is 0 Å². The molecule has 0 spiro atoms. The fourth-order valence-corrected chi connectivity index (χ4v) is 3.31. The van der Waals surface area contributed by atoms with Crippen molar-refractivity contribution in [2.45, 2.75) is 59.3 Å². The van der Waals surface area contributed by atoms with Gasteiger partial charge in [0.1, 0.15) is 6.61 Å². The Kier molecular flexibility index (Phi) is 13.7. The number of hydrogen-bond acceptors (Lipinski definition) is 6. The smallest absolute Gasteiger partial charge is 0.434 e. The molecule has 0 aliphatic carbocycles. The van der Waals surface area contributed by atoms with Gasteiger partial charge < -0.3 is 18.5 Å². The van der Waals surface area contributed by atoms with Crippen molar-refractivity contribution >= 4 is 13.8 Å². The maximum atomic E-state index is 12.5. The average molecular weight is 338 g/mol. The van der Waals surface area contributed by atoms with E-state index in [1.165, 1.54) is 0 Å². The fraction of sp³-hybridized carbons (Fsp3) is 0.933. The van der Waals surface area contributed by atoms with E-state index >= 15 is 0 Å². The van der Waals surface area contributed by atoms with E-state index in [1.807, 2.05) is 20.8 Å². The van der Waals surface area contributed by atoms with Crippen molar-refractivity contribution in [2.24, 2.45) is 0 Å². The Bertz CT molecular complexity index is 321. The average Bonchev–Trinajstić information content (AvgIpc) is 2.50. The van der Waals surface area contributed by atoms with Crippen molar-refractivity contribution in [3.63, 3.8) is 0 Å². The summed E-state index contributed by atoms with van der Waals surface area (Å²) in [6, 6.07) is 0. The van der Waals surface area contributed by atoms with Crippen molar-refractivity contribution in [3.8, 4) is 0 Å². The number of carbonyl (C=O) groups is 1. The Labute approximate surface area is 134 Å². The molecule has 6 nitrogen and oxygen atoms in total. The summed E-state index contributed by atoms with van der Waals surface area (Å²) in [5, 5.41) is 0. The zero-order chi connectivity index (χ0) is 16.7. The summed E-state index contributed by atoms with van der Waals surface area (Å²) in [6.07, 6.45) is 4.96. The highest BCUT2D eigenvalue weighted by molar-refractivity contribution is 7.53. The van der Waals surface area contributed by atoms with Crippen LogP contribution in [0.4, 0.5) is 4.79 Å². The Morgan fingerprint density at radius 2 is 1.32 bits per heavy atom. The van der Waals surface area contributed by atoms with Gasteiger partial charge in [-0.15, -0.1) is 0 Å². The number of hydrogen-bond donors (Lipinski definition) is 0. The van der Waals surface area contributed by atoms with E-state index in [9.17, 15) is 9.36 Å². The van der Waals surface area contributed by atoms with Crippen LogP contribution < -0.4 is 0 Å². The van der Waals surface area contributed by atoms with E-state index in [4.69, 9.17) is 18.5 Å². The van der Waals surface area contributed by atoms with E-state index < -0.39 is 13.8 Å². The molecule has 0 N–H and O–H groups in total. The van der Waals surface area contributed by atoms with Gasteiger partial charge in [0.2, 0.25) is 0 Å². The van der Waals surface area contributed by atoms with Crippen molar-refractivity contribution in [2.75, 3.05) is 32.6 Å². The van der Waals surface area contributed by atoms with Crippen LogP contribution in [0.3, 0.4) is 0 Å². The van der Waals surface area contributed by atoms with Crippen molar-refractivity contribution in [3.05, 3.63) is 0 Å². The van der Waals surface area contributed by atoms with Crippen LogP contribution >= 0.6 is 7.60 Å². The molecule has 132 valence electrons. The molecule has 22 heavy (non-hydrogen) atoms. The van der Waals surface area contributed by atoms with Gasteiger partial charge in [-0.05, 0) is 19.3 Å². The molecule has 0 fully saturated rings. The lowest BCUT2D eigenvalue weighted by molar-refractivity contribution is 0.0431. The van der Waals surface area contributed by atoms with E-state index in [-0.39, 0.29) is 13.2 Å². The molecule has 0 bridgehead atoms. The van der Waals surface area contributed by atoms with Crippen LogP contribution in [0.25, 0.3) is 0 Å². The first kappa shape index (κ1) is 21.4. The third-order valence-electron chi connectivity index (χ3n) is 2.88. The first-order valence-electron chi connectivity index (χ1n) is 8.25. The van der Waals surface area contributed by atoms with Crippen LogP contribution in [0.5, 0.6) is 0 Å². The largest absolute Gasteiger partial charge is 0.508 e. The minimum absolute atomic E-state index is 0.0121. The van der Waals surface area contributed by atoms with E-state index in [0.29, 0.717) is 19.4 Å². The summed E-state index contributed by atoms with van der Waals surface area (Å²) >= 11 is 0. The molecule has 0 saturated carbocycles. The van der Waals surface area contributed by atoms with Crippen LogP contribution in [0.1, 0.15) is 59.3 Å². The van der Waals surface area contributed by atoms with Crippen LogP contribution in [-0.2, 0) is 23.1 Å². The maximum absolute atomic E-state index is 12.5. The van der Waals surface area contributed by atoms with Crippen molar-refractivity contribution < 1.29 is 27.9 Å². The molecule has 0 aromatic carbocycles. The van der Waals surface area contributed by atoms with Crippen molar-refractivity contribution in [1.82, 2.24) is 0 Å². The van der Waals surface area contributed by atoms with Gasteiger partial charge in [0.15, 0.2) is 0 Å². The second-order valence-electron chi connectivity index (χ2n) is 5.01. The first-order valence-corrected chi connectivity index (χ1v) is 9.98. The van der Waals surface area contributed by atoms with Gasteiger partial charge in [0.05, 0.1) is 26.0 Å². The molecule has 0 radical (unpaired) electrons. The minimum Gasteiger partial charge on any atom is -0.434 e. The van der Waals surface area contributed by atoms with E-state index in [2.05, 4.69) is 0 Å². The van der Waals surface area contributed by atoms with Gasteiger partial charge in [0.25, 0.3) is 0 Å². The topological polar surface area (TPSA) is 71.1 Å². The number of unbranched alkanes of at least 4 members (excludes halogenated alkanes) is 3. The fourth-order valence-electron chi connectivity index (χ4n) is 1.51. The molecular formula is C15H31O6P. The lowest BCUT2D eigenvalue weighted by Crippen LogP contribution is -2.13. The van der Waals surface area contributed by atoms with Crippen LogP contribution in [0.2, 0.25) is 0 Å². The first-order chi connectivity index (χ1) is 10.6. The summed E-state index contributed by atoms with van der Waals surface area (Å²) in [4.78, 5) is 11.2. The molecule has 0 aliphatic heterocycles. The predicted octanol–water partition coefficient (Wildman–Crippen LogP) is 4.77. The second-order valence-corrected chi connectivity index (χ2v) is 7.19. The Morgan fingerprint density at radius 1 is 0.773 bits per heavy atom. The molecule has 0 heterocycles. The van der Waals surface area contributed by atoms with Crippen LogP contribution in [0.15, 0.2) is 0 Å². The molecule has 0 amide bonds. The molecule has 0 saturated heterocycles. The lowest BCUT2D eigenvalue weighted by atomic mass is 10.4. The summed E-state index contributed by atoms with van der Waals surface area (Å²) < 4.78 is 33.0. The molecule has 0 aromatic heterocycles. The maximum Gasteiger partial charge on any atom is 0.508 e. The Morgan fingerprint density at radius 3 is 1.95 bits per heavy atom. The minimum atomic E-state index is -3.08. The van der Waals surface area contributed by atoms with Gasteiger partial charge in [-0.3, -0.25) is 4.57 Å². The normalized spacial score (nSPS) is 13.6. The van der Waals surface area contributed by atoms with E-state index in [1.54, 1.807) is 0 Å². The summed E-state index contributed by atoms with van der Waals surface area (Å²) in [5.41, 5.74) is 0. The molecule has 0 aliphatic rings. The summed E-state index contributed by atoms with van der Waals surface area (Å²) in [6.45, 7) is 6.91. The predicted molar refractivity (Wildman–Crippen MR) is 86.4 cm³/mol. The lowest BCUT2D eigenvalue weighted by Gasteiger charge is -2.18. The molecule has 7 heteroatoms. The molecular weight excluding hydrogens is 307 g/mol. The molecule has 0 aromatic rings. The quantitative estimate of drug-likeness (QED) is 0.258. The zero-order valence-electron chi connectivity index (χ0n) is 14.2. The number of ether oxygens (including phenoxy) is 2. The Hall–Kier alpha value is -0.580. The number of rotatable bonds is 14. The standard InChI is InChI=1S/C15H31O6P/c1-4-7-10-18-15(16)19-12-13-21-22(17,14-9-6-3)20-11-8-5-2/h4-14H2,1-3H3. The van der Waals surface area contributed by atoms with Gasteiger partial charge >= 0.3 is 13.8 Å². The summed E-state index contributed by atoms with van der Waals surface area (Å²) in [5.74, 6) is 0. The van der Waals surface area contributed by atoms with Gasteiger partial charge in [-0.1, -0.05) is 40.0 Å². The highest BCUT2D eigenvalue weighted by Gasteiger charge is 2.23. The van der Waals surface area contributed by atoms with Gasteiger partial charge in [-0.25, -0.2) is 4.79 Å². The third-order valence-corrected chi connectivity index (χ3v) is 4.90. The van der Waals surface area contributed by atoms with Crippen LogP contribution in [-0.4, -0.2) is 38.7 Å². The Balaban J connectivity index is 3.96. The van der Waals surface area contributed by atoms with Crippen LogP contribution in [0, 0.1) is 0 Å². The van der Waals surface area contributed by atoms with Gasteiger partial charge in [-0.2, -0.15) is 0 Å². The zero-order valence-corrected chi connectivity index (χ0v) is 15.1. The number of carbonyl (C=O) groups excluding carboxylic acids is 1.